The predicted octanol–water partition coefficient (Wildman–Crippen LogP) is 4.21. The normalized spacial score (nSPS) is 11.2. The predicted molar refractivity (Wildman–Crippen MR) is 91.1 cm³/mol. The van der Waals surface area contributed by atoms with Crippen LogP contribution in [0.2, 0.25) is 5.02 Å². The minimum atomic E-state index is -0.444. The summed E-state index contributed by atoms with van der Waals surface area (Å²) in [5.41, 5.74) is 1.28. The Hall–Kier alpha value is -2.31. The monoisotopic (exact) mass is 346 g/mol. The molecule has 0 aliphatic rings. The Labute approximate surface area is 142 Å². The Kier molecular flexibility index (Phi) is 4.64. The zero-order chi connectivity index (χ0) is 16.2. The van der Waals surface area contributed by atoms with E-state index in [1.165, 1.54) is 17.0 Å². The second-order valence-electron chi connectivity index (χ2n) is 4.80. The van der Waals surface area contributed by atoms with Gasteiger partial charge >= 0.3 is 0 Å². The van der Waals surface area contributed by atoms with Crippen molar-refractivity contribution in [1.29, 1.82) is 0 Å². The summed E-state index contributed by atoms with van der Waals surface area (Å²) < 4.78 is 15.6. The molecule has 0 saturated carbocycles. The minimum absolute atomic E-state index is 0.211. The lowest BCUT2D eigenvalue weighted by Gasteiger charge is -2.02. The van der Waals surface area contributed by atoms with Gasteiger partial charge in [-0.25, -0.2) is 4.39 Å². The van der Waals surface area contributed by atoms with Gasteiger partial charge in [0.15, 0.2) is 5.82 Å². The van der Waals surface area contributed by atoms with Gasteiger partial charge in [0.25, 0.3) is 0 Å². The lowest BCUT2D eigenvalue weighted by molar-refractivity contribution is 0.625. The van der Waals surface area contributed by atoms with Gasteiger partial charge in [0, 0.05) is 12.0 Å². The molecule has 2 aromatic carbocycles. The minimum Gasteiger partial charge on any atom is -0.250 e. The first-order valence-corrected chi connectivity index (χ1v) is 7.62. The molecule has 1 N–H and O–H groups in total. The summed E-state index contributed by atoms with van der Waals surface area (Å²) >= 11 is 11.2. The number of hydrogen-bond donors (Lipinski definition) is 1. The fraction of sp³-hybridized carbons (Fsp3) is 0.0625. The second-order valence-corrected chi connectivity index (χ2v) is 5.59. The van der Waals surface area contributed by atoms with E-state index in [0.717, 1.165) is 5.56 Å². The van der Waals surface area contributed by atoms with E-state index < -0.39 is 5.82 Å². The number of H-pyrrole nitrogens is 1. The molecule has 0 radical (unpaired) electrons. The third-order valence-electron chi connectivity index (χ3n) is 3.22. The molecule has 0 bridgehead atoms. The maximum absolute atomic E-state index is 13.8. The highest BCUT2D eigenvalue weighted by molar-refractivity contribution is 7.71. The molecular formula is C16H12ClFN4S. The van der Waals surface area contributed by atoms with Crippen LogP contribution in [-0.2, 0) is 6.42 Å². The lowest BCUT2D eigenvalue weighted by atomic mass is 10.1. The lowest BCUT2D eigenvalue weighted by Crippen LogP contribution is -2.01. The first-order valence-electron chi connectivity index (χ1n) is 6.84. The third kappa shape index (κ3) is 3.55. The van der Waals surface area contributed by atoms with Crippen LogP contribution in [0.25, 0.3) is 0 Å². The van der Waals surface area contributed by atoms with E-state index in [0.29, 0.717) is 17.0 Å². The number of benzene rings is 2. The van der Waals surface area contributed by atoms with Gasteiger partial charge in [0.05, 0.1) is 11.2 Å². The van der Waals surface area contributed by atoms with Crippen molar-refractivity contribution in [1.82, 2.24) is 14.9 Å². The van der Waals surface area contributed by atoms with Gasteiger partial charge in [0.2, 0.25) is 4.77 Å². The van der Waals surface area contributed by atoms with E-state index in [9.17, 15) is 4.39 Å². The van der Waals surface area contributed by atoms with E-state index in [4.69, 9.17) is 23.8 Å². The van der Waals surface area contributed by atoms with E-state index in [2.05, 4.69) is 15.3 Å². The van der Waals surface area contributed by atoms with Crippen LogP contribution in [0.5, 0.6) is 0 Å². The van der Waals surface area contributed by atoms with E-state index in [-0.39, 0.29) is 10.6 Å². The van der Waals surface area contributed by atoms with Gasteiger partial charge in [-0.2, -0.15) is 14.9 Å². The number of rotatable bonds is 4. The quantitative estimate of drug-likeness (QED) is 0.568. The molecule has 0 amide bonds. The van der Waals surface area contributed by atoms with Crippen LogP contribution in [-0.4, -0.2) is 21.1 Å². The van der Waals surface area contributed by atoms with Crippen molar-refractivity contribution in [2.75, 3.05) is 0 Å². The molecule has 3 aromatic rings. The average Bonchev–Trinajstić information content (AvgIpc) is 2.88. The standard InChI is InChI=1S/C16H12ClFN4S/c17-13-7-4-8-14(18)12(13)10-19-22-15(20-21-16(22)23)9-11-5-2-1-3-6-11/h1-8,10H,9H2,(H,21,23)/b19-10-. The number of nitrogens with zero attached hydrogens (tertiary/aromatic N) is 3. The van der Waals surface area contributed by atoms with Crippen LogP contribution in [0.4, 0.5) is 4.39 Å². The summed E-state index contributed by atoms with van der Waals surface area (Å²) in [6, 6.07) is 14.3. The Morgan fingerprint density at radius 2 is 2.00 bits per heavy atom. The molecule has 0 fully saturated rings. The van der Waals surface area contributed by atoms with Crippen LogP contribution < -0.4 is 0 Å². The first-order chi connectivity index (χ1) is 11.1. The van der Waals surface area contributed by atoms with Crippen LogP contribution in [0.1, 0.15) is 17.0 Å². The zero-order valence-corrected chi connectivity index (χ0v) is 13.5. The fourth-order valence-corrected chi connectivity index (χ4v) is 2.50. The van der Waals surface area contributed by atoms with Gasteiger partial charge in [-0.05, 0) is 29.9 Å². The van der Waals surface area contributed by atoms with E-state index in [1.807, 2.05) is 30.3 Å². The van der Waals surface area contributed by atoms with Gasteiger partial charge in [-0.3, -0.25) is 5.10 Å². The summed E-state index contributed by atoms with van der Waals surface area (Å²) in [6.07, 6.45) is 1.90. The molecule has 1 aromatic heterocycles. The Morgan fingerprint density at radius 1 is 1.22 bits per heavy atom. The molecule has 3 rings (SSSR count). The van der Waals surface area contributed by atoms with Crippen LogP contribution >= 0.6 is 23.8 Å². The van der Waals surface area contributed by atoms with Crippen LogP contribution in [0.3, 0.4) is 0 Å². The van der Waals surface area contributed by atoms with Crippen molar-refractivity contribution < 1.29 is 4.39 Å². The molecule has 0 aliphatic carbocycles. The molecule has 0 saturated heterocycles. The molecule has 0 atom stereocenters. The number of aromatic nitrogens is 3. The number of hydrogen-bond acceptors (Lipinski definition) is 3. The molecule has 116 valence electrons. The van der Waals surface area contributed by atoms with Gasteiger partial charge in [-0.1, -0.05) is 48.0 Å². The van der Waals surface area contributed by atoms with E-state index >= 15 is 0 Å². The van der Waals surface area contributed by atoms with Gasteiger partial charge in [-0.15, -0.1) is 0 Å². The smallest absolute Gasteiger partial charge is 0.216 e. The van der Waals surface area contributed by atoms with Crippen molar-refractivity contribution in [2.24, 2.45) is 5.10 Å². The molecule has 23 heavy (non-hydrogen) atoms. The molecule has 4 nitrogen and oxygen atoms in total. The number of aromatic amines is 1. The molecule has 0 spiro atoms. The SMILES string of the molecule is Fc1cccc(Cl)c1/C=N\n1c(Cc2ccccc2)n[nH]c1=S. The Bertz CT molecular complexity index is 882. The van der Waals surface area contributed by atoms with Crippen molar-refractivity contribution in [3.63, 3.8) is 0 Å². The maximum Gasteiger partial charge on any atom is 0.216 e. The molecule has 0 aliphatic heterocycles. The van der Waals surface area contributed by atoms with E-state index in [1.54, 1.807) is 12.1 Å². The summed E-state index contributed by atoms with van der Waals surface area (Å²) in [6.45, 7) is 0. The highest BCUT2D eigenvalue weighted by atomic mass is 35.5. The summed E-state index contributed by atoms with van der Waals surface area (Å²) in [5.74, 6) is 0.186. The second kappa shape index (κ2) is 6.85. The summed E-state index contributed by atoms with van der Waals surface area (Å²) in [4.78, 5) is 0. The summed E-state index contributed by atoms with van der Waals surface area (Å²) in [5, 5.41) is 11.4. The summed E-state index contributed by atoms with van der Waals surface area (Å²) in [7, 11) is 0. The molecular weight excluding hydrogens is 335 g/mol. The van der Waals surface area contributed by atoms with Crippen molar-refractivity contribution in [2.45, 2.75) is 6.42 Å². The molecule has 1 heterocycles. The zero-order valence-electron chi connectivity index (χ0n) is 11.9. The average molecular weight is 347 g/mol. The van der Waals surface area contributed by atoms with Crippen molar-refractivity contribution in [3.8, 4) is 0 Å². The highest BCUT2D eigenvalue weighted by Crippen LogP contribution is 2.17. The number of nitrogens with one attached hydrogen (secondary N) is 1. The third-order valence-corrected chi connectivity index (χ3v) is 3.82. The molecule has 7 heteroatoms. The Balaban J connectivity index is 1.93. The van der Waals surface area contributed by atoms with Crippen LogP contribution in [0.15, 0.2) is 53.6 Å². The topological polar surface area (TPSA) is 46.0 Å². The molecule has 0 unspecified atom stereocenters. The highest BCUT2D eigenvalue weighted by Gasteiger charge is 2.08. The van der Waals surface area contributed by atoms with Gasteiger partial charge < -0.3 is 0 Å². The maximum atomic E-state index is 13.8. The fourth-order valence-electron chi connectivity index (χ4n) is 2.09. The number of halogens is 2. The first kappa shape index (κ1) is 15.6. The Morgan fingerprint density at radius 3 is 2.74 bits per heavy atom. The largest absolute Gasteiger partial charge is 0.250 e. The van der Waals surface area contributed by atoms with Crippen molar-refractivity contribution in [3.05, 3.63) is 81.1 Å². The van der Waals surface area contributed by atoms with Crippen LogP contribution in [0, 0.1) is 10.6 Å². The van der Waals surface area contributed by atoms with Crippen molar-refractivity contribution >= 4 is 30.0 Å². The van der Waals surface area contributed by atoms with Gasteiger partial charge in [0.1, 0.15) is 5.82 Å².